The van der Waals surface area contributed by atoms with E-state index in [9.17, 15) is 4.79 Å². The van der Waals surface area contributed by atoms with Crippen LogP contribution in [0.1, 0.15) is 12.5 Å². The van der Waals surface area contributed by atoms with Gasteiger partial charge in [0.05, 0.1) is 40.9 Å². The van der Waals surface area contributed by atoms with Crippen molar-refractivity contribution >= 4 is 56.0 Å². The largest absolute Gasteiger partial charge is 0.484 e. The zero-order valence-electron chi connectivity index (χ0n) is 20.5. The molecule has 0 saturated carbocycles. The minimum absolute atomic E-state index is 0.0694. The SMILES string of the molecule is COc1cnc2c(-c3nc4c(Cl)c(F)c(OC(C)COC(=O)Nc5cccnc5)cc4s3)cc(C)cc2n1. The molecule has 0 radical (unpaired) electrons. The lowest BCUT2D eigenvalue weighted by molar-refractivity contribution is 0.0969. The van der Waals surface area contributed by atoms with Crippen LogP contribution in [0.2, 0.25) is 5.02 Å². The Labute approximate surface area is 225 Å². The topological polar surface area (TPSA) is 108 Å². The lowest BCUT2D eigenvalue weighted by Gasteiger charge is -2.16. The molecule has 5 aromatic rings. The number of anilines is 1. The predicted octanol–water partition coefficient (Wildman–Crippen LogP) is 6.43. The number of halogens is 2. The average Bonchev–Trinajstić information content (AvgIpc) is 3.34. The first kappa shape index (κ1) is 25.6. The number of hydrogen-bond donors (Lipinski definition) is 1. The summed E-state index contributed by atoms with van der Waals surface area (Å²) in [6, 6.07) is 8.74. The smallest absolute Gasteiger partial charge is 0.411 e. The molecule has 2 aromatic carbocycles. The molecule has 0 aliphatic carbocycles. The third-order valence-corrected chi connectivity index (χ3v) is 6.81. The van der Waals surface area contributed by atoms with E-state index in [-0.39, 0.29) is 17.4 Å². The van der Waals surface area contributed by atoms with Gasteiger partial charge in [0.15, 0.2) is 11.6 Å². The fourth-order valence-corrected chi connectivity index (χ4v) is 5.04. The molecule has 1 N–H and O–H groups in total. The number of fused-ring (bicyclic) bond motifs is 2. The number of methoxy groups -OCH3 is 1. The second-order valence-corrected chi connectivity index (χ2v) is 9.76. The van der Waals surface area contributed by atoms with Gasteiger partial charge in [0.2, 0.25) is 5.88 Å². The Morgan fingerprint density at radius 1 is 1.21 bits per heavy atom. The Morgan fingerprint density at radius 3 is 2.82 bits per heavy atom. The van der Waals surface area contributed by atoms with Crippen molar-refractivity contribution in [2.45, 2.75) is 20.0 Å². The van der Waals surface area contributed by atoms with Crippen molar-refractivity contribution in [3.63, 3.8) is 0 Å². The van der Waals surface area contributed by atoms with Crippen LogP contribution in [0.15, 0.2) is 48.9 Å². The number of amides is 1. The number of benzene rings is 2. The number of aromatic nitrogens is 4. The summed E-state index contributed by atoms with van der Waals surface area (Å²) in [4.78, 5) is 29.5. The van der Waals surface area contributed by atoms with Gasteiger partial charge in [-0.05, 0) is 43.7 Å². The monoisotopic (exact) mass is 553 g/mol. The molecule has 0 fully saturated rings. The Morgan fingerprint density at radius 2 is 2.05 bits per heavy atom. The molecule has 3 aromatic heterocycles. The standard InChI is InChI=1S/C26H21ClFN5O4S/c1-13-7-16(23-17(8-13)32-20(35-3)11-30-23)25-33-24-19(38-25)9-18(22(28)21(24)27)37-14(2)12-36-26(34)31-15-5-4-6-29-10-15/h4-11,14H,12H2,1-3H3,(H,31,34). The number of nitrogens with one attached hydrogen (secondary N) is 1. The van der Waals surface area contributed by atoms with E-state index < -0.39 is 18.0 Å². The second-order valence-electron chi connectivity index (χ2n) is 8.35. The maximum Gasteiger partial charge on any atom is 0.411 e. The van der Waals surface area contributed by atoms with Crippen LogP contribution < -0.4 is 14.8 Å². The van der Waals surface area contributed by atoms with Crippen molar-refractivity contribution in [1.29, 1.82) is 0 Å². The van der Waals surface area contributed by atoms with Gasteiger partial charge in [-0.1, -0.05) is 11.6 Å². The number of rotatable bonds is 7. The fraction of sp³-hybridized carbons (Fsp3) is 0.192. The van der Waals surface area contributed by atoms with Crippen LogP contribution in [-0.2, 0) is 4.74 Å². The Balaban J connectivity index is 1.38. The maximum absolute atomic E-state index is 15.1. The van der Waals surface area contributed by atoms with Gasteiger partial charge in [-0.15, -0.1) is 11.3 Å². The van der Waals surface area contributed by atoms with Crippen molar-refractivity contribution in [3.8, 4) is 22.2 Å². The van der Waals surface area contributed by atoms with Crippen LogP contribution >= 0.6 is 22.9 Å². The molecule has 1 unspecified atom stereocenters. The fourth-order valence-electron chi connectivity index (χ4n) is 3.73. The van der Waals surface area contributed by atoms with Gasteiger partial charge in [0.1, 0.15) is 28.3 Å². The molecular weight excluding hydrogens is 533 g/mol. The number of carbonyl (C=O) groups is 1. The summed E-state index contributed by atoms with van der Waals surface area (Å²) in [6.07, 6.45) is 3.27. The van der Waals surface area contributed by atoms with E-state index in [1.54, 1.807) is 25.3 Å². The molecule has 0 saturated heterocycles. The number of nitrogens with zero attached hydrogens (tertiary/aromatic N) is 4. The van der Waals surface area contributed by atoms with Gasteiger partial charge < -0.3 is 14.2 Å². The van der Waals surface area contributed by atoms with Gasteiger partial charge >= 0.3 is 6.09 Å². The third-order valence-electron chi connectivity index (χ3n) is 5.43. The van der Waals surface area contributed by atoms with Crippen molar-refractivity contribution in [2.24, 2.45) is 0 Å². The molecule has 38 heavy (non-hydrogen) atoms. The number of aryl methyl sites for hydroxylation is 1. The maximum atomic E-state index is 15.1. The summed E-state index contributed by atoms with van der Waals surface area (Å²) in [5, 5.41) is 3.00. The second kappa shape index (κ2) is 10.7. The van der Waals surface area contributed by atoms with Crippen LogP contribution in [0.5, 0.6) is 11.6 Å². The lowest BCUT2D eigenvalue weighted by Crippen LogP contribution is -2.24. The highest BCUT2D eigenvalue weighted by Gasteiger charge is 2.21. The number of thiazole rings is 1. The molecule has 0 bridgehead atoms. The highest BCUT2D eigenvalue weighted by atomic mass is 35.5. The molecule has 9 nitrogen and oxygen atoms in total. The number of ether oxygens (including phenoxy) is 3. The molecule has 12 heteroatoms. The van der Waals surface area contributed by atoms with Gasteiger partial charge in [-0.3, -0.25) is 10.3 Å². The van der Waals surface area contributed by atoms with Crippen molar-refractivity contribution in [2.75, 3.05) is 19.0 Å². The molecule has 0 spiro atoms. The van der Waals surface area contributed by atoms with E-state index in [1.165, 1.54) is 36.9 Å². The van der Waals surface area contributed by atoms with Crippen LogP contribution in [-0.4, -0.2) is 45.8 Å². The summed E-state index contributed by atoms with van der Waals surface area (Å²) in [5.74, 6) is -0.417. The van der Waals surface area contributed by atoms with Gasteiger partial charge in [-0.2, -0.15) is 0 Å². The van der Waals surface area contributed by atoms with Gasteiger partial charge in [-0.25, -0.2) is 24.1 Å². The summed E-state index contributed by atoms with van der Waals surface area (Å²) in [7, 11) is 1.53. The first-order valence-corrected chi connectivity index (χ1v) is 12.6. The first-order chi connectivity index (χ1) is 18.3. The Bertz CT molecular complexity index is 1650. The summed E-state index contributed by atoms with van der Waals surface area (Å²) >= 11 is 7.69. The van der Waals surface area contributed by atoms with Crippen molar-refractivity contribution in [1.82, 2.24) is 19.9 Å². The minimum Gasteiger partial charge on any atom is -0.484 e. The van der Waals surface area contributed by atoms with Gasteiger partial charge in [0.25, 0.3) is 0 Å². The molecule has 0 aliphatic heterocycles. The summed E-state index contributed by atoms with van der Waals surface area (Å²) in [6.45, 7) is 3.47. The molecule has 5 rings (SSSR count). The van der Waals surface area contributed by atoms with Gasteiger partial charge in [0, 0.05) is 17.8 Å². The normalized spacial score (nSPS) is 11.9. The number of carbonyl (C=O) groups excluding carboxylic acids is 1. The predicted molar refractivity (Wildman–Crippen MR) is 144 cm³/mol. The lowest BCUT2D eigenvalue weighted by atomic mass is 10.1. The Kier molecular flexibility index (Phi) is 7.21. The molecule has 194 valence electrons. The van der Waals surface area contributed by atoms with E-state index in [4.69, 9.17) is 25.8 Å². The minimum atomic E-state index is -0.749. The van der Waals surface area contributed by atoms with E-state index in [0.29, 0.717) is 37.8 Å². The molecule has 3 heterocycles. The molecular formula is C26H21ClFN5O4S. The Hall–Kier alpha value is -4.09. The number of pyridine rings is 1. The quantitative estimate of drug-likeness (QED) is 0.246. The first-order valence-electron chi connectivity index (χ1n) is 11.4. The highest BCUT2D eigenvalue weighted by Crippen LogP contribution is 2.40. The molecule has 1 amide bonds. The summed E-state index contributed by atoms with van der Waals surface area (Å²) < 4.78 is 31.9. The van der Waals surface area contributed by atoms with Crippen molar-refractivity contribution < 1.29 is 23.4 Å². The average molecular weight is 554 g/mol. The van der Waals surface area contributed by atoms with E-state index >= 15 is 4.39 Å². The van der Waals surface area contributed by atoms with E-state index in [2.05, 4.69) is 25.3 Å². The van der Waals surface area contributed by atoms with Crippen LogP contribution in [0.4, 0.5) is 14.9 Å². The number of hydrogen-bond acceptors (Lipinski definition) is 9. The van der Waals surface area contributed by atoms with Crippen molar-refractivity contribution in [3.05, 3.63) is 65.3 Å². The van der Waals surface area contributed by atoms with E-state index in [0.717, 1.165) is 11.1 Å². The van der Waals surface area contributed by atoms with Crippen LogP contribution in [0.3, 0.4) is 0 Å². The van der Waals surface area contributed by atoms with Crippen LogP contribution in [0, 0.1) is 12.7 Å². The van der Waals surface area contributed by atoms with E-state index in [1.807, 2.05) is 19.1 Å². The molecule has 0 aliphatic rings. The highest BCUT2D eigenvalue weighted by molar-refractivity contribution is 7.21. The van der Waals surface area contributed by atoms with Crippen LogP contribution in [0.25, 0.3) is 31.8 Å². The summed E-state index contributed by atoms with van der Waals surface area (Å²) in [5.41, 5.74) is 3.79. The third kappa shape index (κ3) is 5.29. The molecule has 1 atom stereocenters. The zero-order valence-corrected chi connectivity index (χ0v) is 22.1. The zero-order chi connectivity index (χ0) is 26.8.